The summed E-state index contributed by atoms with van der Waals surface area (Å²) in [5, 5.41) is 17.1. The number of amides is 2. The summed E-state index contributed by atoms with van der Waals surface area (Å²) in [6.45, 7) is 3.78. The van der Waals surface area contributed by atoms with Crippen LogP contribution in [0.15, 0.2) is 30.6 Å². The molecule has 11 heteroatoms. The van der Waals surface area contributed by atoms with Gasteiger partial charge in [-0.05, 0) is 44.9 Å². The summed E-state index contributed by atoms with van der Waals surface area (Å²) in [6, 6.07) is 4.06. The lowest BCUT2D eigenvalue weighted by atomic mass is 10.1. The van der Waals surface area contributed by atoms with Gasteiger partial charge in [0.25, 0.3) is 5.91 Å². The number of carbonyl (C=O) groups excluding carboxylic acids is 2. The van der Waals surface area contributed by atoms with E-state index in [1.165, 1.54) is 30.6 Å². The number of aromatic amines is 1. The number of hydrogen-bond acceptors (Lipinski definition) is 7. The fraction of sp³-hybridized carbons (Fsp3) is 0.348. The quantitative estimate of drug-likeness (QED) is 0.322. The number of halogens is 1. The Bertz CT molecular complexity index is 1270. The SMILES string of the molecule is CNc1cc(F)ccc1C(=N)c1cnc2[nH]cc(C(=O)NC3(CNC(=O)OC(C)C)CC3)c2n1. The molecule has 1 aromatic carbocycles. The molecule has 3 aromatic rings. The van der Waals surface area contributed by atoms with Gasteiger partial charge < -0.3 is 25.7 Å². The zero-order valence-corrected chi connectivity index (χ0v) is 19.1. The van der Waals surface area contributed by atoms with E-state index in [0.717, 1.165) is 12.8 Å². The Morgan fingerprint density at radius 2 is 2.06 bits per heavy atom. The number of fused-ring (bicyclic) bond motifs is 1. The summed E-state index contributed by atoms with van der Waals surface area (Å²) in [5.41, 5.74) is 1.63. The van der Waals surface area contributed by atoms with Crippen molar-refractivity contribution in [2.75, 3.05) is 18.9 Å². The average molecular weight is 468 g/mol. The van der Waals surface area contributed by atoms with E-state index in [2.05, 4.69) is 30.9 Å². The van der Waals surface area contributed by atoms with Gasteiger partial charge in [0.05, 0.1) is 29.1 Å². The molecular weight excluding hydrogens is 441 g/mol. The lowest BCUT2D eigenvalue weighted by Crippen LogP contribution is -2.46. The molecule has 2 heterocycles. The standard InChI is InChI=1S/C23H26FN7O3/c1-12(2)34-22(33)29-11-23(6-7-23)31-21(32)15-9-27-20-19(15)30-17(10-28-20)18(25)14-5-4-13(24)8-16(14)26-3/h4-5,8-10,12,25-26H,6-7,11H2,1-3H3,(H,27,28)(H,29,33)(H,31,32). The zero-order chi connectivity index (χ0) is 24.5. The molecule has 5 N–H and O–H groups in total. The van der Waals surface area contributed by atoms with Crippen LogP contribution in [0, 0.1) is 11.2 Å². The van der Waals surface area contributed by atoms with Crippen molar-refractivity contribution in [3.05, 3.63) is 53.2 Å². The Morgan fingerprint density at radius 1 is 1.29 bits per heavy atom. The normalized spacial score (nSPS) is 14.0. The molecule has 4 rings (SSSR count). The summed E-state index contributed by atoms with van der Waals surface area (Å²) < 4.78 is 18.7. The monoisotopic (exact) mass is 467 g/mol. The second-order valence-corrected chi connectivity index (χ2v) is 8.51. The Morgan fingerprint density at radius 3 is 2.74 bits per heavy atom. The molecule has 178 valence electrons. The number of hydrogen-bond donors (Lipinski definition) is 5. The first kappa shape index (κ1) is 23.1. The molecule has 1 aliphatic rings. The van der Waals surface area contributed by atoms with Crippen molar-refractivity contribution >= 4 is 34.6 Å². The highest BCUT2D eigenvalue weighted by Crippen LogP contribution is 2.35. The molecule has 0 radical (unpaired) electrons. The van der Waals surface area contributed by atoms with Gasteiger partial charge >= 0.3 is 6.09 Å². The van der Waals surface area contributed by atoms with E-state index in [-0.39, 0.29) is 35.5 Å². The van der Waals surface area contributed by atoms with E-state index in [1.807, 2.05) is 0 Å². The number of nitrogens with one attached hydrogen (secondary N) is 5. The molecule has 2 aromatic heterocycles. The smallest absolute Gasteiger partial charge is 0.407 e. The molecular formula is C23H26FN7O3. The Balaban J connectivity index is 1.53. The van der Waals surface area contributed by atoms with Crippen molar-refractivity contribution in [2.45, 2.75) is 38.3 Å². The van der Waals surface area contributed by atoms with Crippen molar-refractivity contribution in [1.29, 1.82) is 5.41 Å². The highest BCUT2D eigenvalue weighted by molar-refractivity contribution is 6.14. The van der Waals surface area contributed by atoms with Crippen LogP contribution in [0.2, 0.25) is 0 Å². The maximum absolute atomic E-state index is 13.6. The van der Waals surface area contributed by atoms with Crippen LogP contribution in [0.25, 0.3) is 11.2 Å². The van der Waals surface area contributed by atoms with Gasteiger partial charge in [0.15, 0.2) is 5.65 Å². The van der Waals surface area contributed by atoms with E-state index in [1.54, 1.807) is 20.9 Å². The molecule has 0 saturated heterocycles. The van der Waals surface area contributed by atoms with Gasteiger partial charge in [0.1, 0.15) is 17.0 Å². The molecule has 0 aliphatic heterocycles. The van der Waals surface area contributed by atoms with Crippen molar-refractivity contribution in [3.63, 3.8) is 0 Å². The molecule has 0 unspecified atom stereocenters. The van der Waals surface area contributed by atoms with Crippen molar-refractivity contribution < 1.29 is 18.7 Å². The van der Waals surface area contributed by atoms with Crippen LogP contribution in [-0.4, -0.2) is 57.9 Å². The summed E-state index contributed by atoms with van der Waals surface area (Å²) in [5.74, 6) is -0.786. The number of alkyl carbamates (subject to hydrolysis) is 1. The van der Waals surface area contributed by atoms with Crippen LogP contribution in [0.3, 0.4) is 0 Å². The second kappa shape index (κ2) is 9.08. The number of carbonyl (C=O) groups is 2. The van der Waals surface area contributed by atoms with Gasteiger partial charge in [-0.25, -0.2) is 19.2 Å². The minimum Gasteiger partial charge on any atom is -0.447 e. The third kappa shape index (κ3) is 4.82. The number of H-pyrrole nitrogens is 1. The lowest BCUT2D eigenvalue weighted by Gasteiger charge is -2.18. The van der Waals surface area contributed by atoms with Gasteiger partial charge in [-0.1, -0.05) is 0 Å². The molecule has 1 aliphatic carbocycles. The topological polar surface area (TPSA) is 145 Å². The minimum absolute atomic E-state index is 0.0397. The van der Waals surface area contributed by atoms with E-state index in [4.69, 9.17) is 10.1 Å². The van der Waals surface area contributed by atoms with Gasteiger partial charge in [-0.2, -0.15) is 0 Å². The average Bonchev–Trinajstić information content (AvgIpc) is 3.43. The van der Waals surface area contributed by atoms with Crippen LogP contribution in [0.5, 0.6) is 0 Å². The Kier molecular flexibility index (Phi) is 6.18. The third-order valence-corrected chi connectivity index (χ3v) is 5.55. The van der Waals surface area contributed by atoms with Crippen LogP contribution >= 0.6 is 0 Å². The summed E-state index contributed by atoms with van der Waals surface area (Å²) in [4.78, 5) is 36.5. The third-order valence-electron chi connectivity index (χ3n) is 5.55. The maximum atomic E-state index is 13.6. The highest BCUT2D eigenvalue weighted by Gasteiger charge is 2.44. The summed E-state index contributed by atoms with van der Waals surface area (Å²) in [7, 11) is 1.64. The number of benzene rings is 1. The molecule has 0 bridgehead atoms. The Labute approximate surface area is 195 Å². The first-order chi connectivity index (χ1) is 16.2. The van der Waals surface area contributed by atoms with E-state index in [0.29, 0.717) is 22.4 Å². The van der Waals surface area contributed by atoms with Gasteiger partial charge in [-0.15, -0.1) is 0 Å². The predicted molar refractivity (Wildman–Crippen MR) is 125 cm³/mol. The summed E-state index contributed by atoms with van der Waals surface area (Å²) in [6.07, 6.45) is 3.63. The van der Waals surface area contributed by atoms with Crippen molar-refractivity contribution in [2.24, 2.45) is 0 Å². The largest absolute Gasteiger partial charge is 0.447 e. The van der Waals surface area contributed by atoms with Crippen LogP contribution in [-0.2, 0) is 4.74 Å². The van der Waals surface area contributed by atoms with Gasteiger partial charge in [-0.3, -0.25) is 10.2 Å². The second-order valence-electron chi connectivity index (χ2n) is 8.51. The number of ether oxygens (including phenoxy) is 1. The van der Waals surface area contributed by atoms with E-state index < -0.39 is 17.4 Å². The molecule has 1 fully saturated rings. The molecule has 0 atom stereocenters. The fourth-order valence-corrected chi connectivity index (χ4v) is 3.57. The van der Waals surface area contributed by atoms with E-state index >= 15 is 0 Å². The van der Waals surface area contributed by atoms with Crippen molar-refractivity contribution in [1.82, 2.24) is 25.6 Å². The van der Waals surface area contributed by atoms with Gasteiger partial charge in [0, 0.05) is 31.0 Å². The summed E-state index contributed by atoms with van der Waals surface area (Å²) >= 11 is 0. The highest BCUT2D eigenvalue weighted by atomic mass is 19.1. The van der Waals surface area contributed by atoms with Crippen LogP contribution in [0.1, 0.15) is 48.3 Å². The maximum Gasteiger partial charge on any atom is 0.407 e. The minimum atomic E-state index is -0.537. The van der Waals surface area contributed by atoms with Crippen LogP contribution < -0.4 is 16.0 Å². The zero-order valence-electron chi connectivity index (χ0n) is 19.1. The molecule has 34 heavy (non-hydrogen) atoms. The Hall–Kier alpha value is -4.02. The molecule has 2 amide bonds. The van der Waals surface area contributed by atoms with Gasteiger partial charge in [0.2, 0.25) is 0 Å². The molecule has 10 nitrogen and oxygen atoms in total. The van der Waals surface area contributed by atoms with E-state index in [9.17, 15) is 14.0 Å². The first-order valence-corrected chi connectivity index (χ1v) is 10.9. The number of nitrogens with zero attached hydrogens (tertiary/aromatic N) is 2. The fourth-order valence-electron chi connectivity index (χ4n) is 3.57. The predicted octanol–water partition coefficient (Wildman–Crippen LogP) is 2.95. The molecule has 1 saturated carbocycles. The lowest BCUT2D eigenvalue weighted by molar-refractivity contribution is 0.0922. The molecule has 0 spiro atoms. The first-order valence-electron chi connectivity index (χ1n) is 10.9. The number of aromatic nitrogens is 3. The number of anilines is 1. The van der Waals surface area contributed by atoms with Crippen molar-refractivity contribution in [3.8, 4) is 0 Å². The number of rotatable bonds is 8. The van der Waals surface area contributed by atoms with Crippen LogP contribution in [0.4, 0.5) is 14.9 Å².